The molecular weight excluding hydrogens is 469 g/mol. The first-order valence-corrected chi connectivity index (χ1v) is 13.0. The zero-order valence-corrected chi connectivity index (χ0v) is 21.3. The maximum Gasteiger partial charge on any atom is 0.320 e. The topological polar surface area (TPSA) is 45.2 Å². The van der Waals surface area contributed by atoms with Crippen molar-refractivity contribution in [2.45, 2.75) is 18.9 Å². The van der Waals surface area contributed by atoms with E-state index in [1.54, 1.807) is 19.2 Å². The van der Waals surface area contributed by atoms with E-state index in [2.05, 4.69) is 23.1 Å². The average molecular weight is 504 g/mol. The summed E-state index contributed by atoms with van der Waals surface area (Å²) < 4.78 is 25.6. The minimum absolute atomic E-state index is 0.112. The number of urea groups is 1. The Morgan fingerprint density at radius 1 is 0.838 bits per heavy atom. The lowest BCUT2D eigenvalue weighted by atomic mass is 9.87. The van der Waals surface area contributed by atoms with Crippen LogP contribution in [-0.4, -0.2) is 62.2 Å². The largest absolute Gasteiger partial charge is 0.495 e. The van der Waals surface area contributed by atoms with Crippen molar-refractivity contribution in [1.29, 1.82) is 0 Å². The number of carbonyl (C=O) groups is 1. The Morgan fingerprint density at radius 2 is 1.51 bits per heavy atom. The molecule has 0 bridgehead atoms. The number of piperidine rings is 1. The second-order valence-electron chi connectivity index (χ2n) is 9.66. The summed E-state index contributed by atoms with van der Waals surface area (Å²) in [4.78, 5) is 19.5. The van der Waals surface area contributed by atoms with Gasteiger partial charge in [-0.1, -0.05) is 48.5 Å². The van der Waals surface area contributed by atoms with Gasteiger partial charge in [0.1, 0.15) is 23.4 Å². The fourth-order valence-corrected chi connectivity index (χ4v) is 5.39. The Morgan fingerprint density at radius 3 is 2.22 bits per heavy atom. The van der Waals surface area contributed by atoms with Crippen LogP contribution in [0.5, 0.6) is 11.5 Å². The number of halogens is 1. The summed E-state index contributed by atoms with van der Waals surface area (Å²) in [7, 11) is 1.69. The summed E-state index contributed by atoms with van der Waals surface area (Å²) in [5, 5.41) is 0. The van der Waals surface area contributed by atoms with Gasteiger partial charge in [-0.25, -0.2) is 9.18 Å². The molecule has 0 N–H and O–H groups in total. The van der Waals surface area contributed by atoms with Crippen LogP contribution in [0.2, 0.25) is 0 Å². The number of hydrogen-bond acceptors (Lipinski definition) is 4. The molecule has 3 aromatic rings. The quantitative estimate of drug-likeness (QED) is 0.439. The first-order chi connectivity index (χ1) is 18.1. The molecule has 7 heteroatoms. The Hall–Kier alpha value is -3.74. The second kappa shape index (κ2) is 11.5. The van der Waals surface area contributed by atoms with Gasteiger partial charge in [-0.15, -0.1) is 0 Å². The van der Waals surface area contributed by atoms with Crippen LogP contribution in [0.25, 0.3) is 0 Å². The van der Waals surface area contributed by atoms with Gasteiger partial charge in [-0.3, -0.25) is 0 Å². The maximum atomic E-state index is 13.8. The standard InChI is InChI=1S/C30H34FN3O3/c1-36-28-13-6-5-12-27(28)32-18-20-34(21-19-32)30(35)33-16-14-24(15-17-33)29(23-8-3-2-4-9-23)37-26-11-7-10-25(31)22-26/h2-13,22,24,29H,14-21H2,1H3. The summed E-state index contributed by atoms with van der Waals surface area (Å²) in [6, 6.07) is 24.5. The van der Waals surface area contributed by atoms with Gasteiger partial charge < -0.3 is 24.2 Å². The molecule has 0 radical (unpaired) electrons. The molecule has 6 nitrogen and oxygen atoms in total. The first kappa shape index (κ1) is 24.9. The molecule has 2 fully saturated rings. The van der Waals surface area contributed by atoms with Gasteiger partial charge in [-0.05, 0) is 42.7 Å². The summed E-state index contributed by atoms with van der Waals surface area (Å²) in [6.45, 7) is 4.30. The molecule has 0 aliphatic carbocycles. The number of para-hydroxylation sites is 2. The molecule has 5 rings (SSSR count). The number of methoxy groups -OCH3 is 1. The average Bonchev–Trinajstić information content (AvgIpc) is 2.96. The van der Waals surface area contributed by atoms with Crippen molar-refractivity contribution in [3.63, 3.8) is 0 Å². The van der Waals surface area contributed by atoms with E-state index in [0.29, 0.717) is 31.9 Å². The normalized spacial score (nSPS) is 17.4. The maximum absolute atomic E-state index is 13.8. The molecule has 0 saturated carbocycles. The predicted molar refractivity (Wildman–Crippen MR) is 143 cm³/mol. The number of nitrogens with zero attached hydrogens (tertiary/aromatic N) is 3. The summed E-state index contributed by atoms with van der Waals surface area (Å²) in [5.41, 5.74) is 2.15. The third-order valence-corrected chi connectivity index (χ3v) is 7.40. The van der Waals surface area contributed by atoms with Gasteiger partial charge in [0.15, 0.2) is 0 Å². The van der Waals surface area contributed by atoms with Crippen molar-refractivity contribution < 1.29 is 18.7 Å². The lowest BCUT2D eigenvalue weighted by Gasteiger charge is -2.41. The number of rotatable bonds is 6. The van der Waals surface area contributed by atoms with E-state index in [0.717, 1.165) is 42.9 Å². The number of hydrogen-bond donors (Lipinski definition) is 0. The van der Waals surface area contributed by atoms with Crippen molar-refractivity contribution >= 4 is 11.7 Å². The number of benzene rings is 3. The Balaban J connectivity index is 1.19. The number of piperazine rings is 1. The third kappa shape index (κ3) is 5.82. The van der Waals surface area contributed by atoms with Crippen LogP contribution in [0.4, 0.5) is 14.9 Å². The van der Waals surface area contributed by atoms with Crippen LogP contribution in [0.3, 0.4) is 0 Å². The highest BCUT2D eigenvalue weighted by Crippen LogP contribution is 2.35. The van der Waals surface area contributed by atoms with Crippen LogP contribution >= 0.6 is 0 Å². The van der Waals surface area contributed by atoms with Crippen molar-refractivity contribution in [2.24, 2.45) is 5.92 Å². The molecule has 2 amide bonds. The van der Waals surface area contributed by atoms with Gasteiger partial charge >= 0.3 is 6.03 Å². The Labute approximate surface area is 218 Å². The summed E-state index contributed by atoms with van der Waals surface area (Å²) in [5.74, 6) is 1.31. The minimum Gasteiger partial charge on any atom is -0.495 e. The summed E-state index contributed by atoms with van der Waals surface area (Å²) >= 11 is 0. The smallest absolute Gasteiger partial charge is 0.320 e. The lowest BCUT2D eigenvalue weighted by molar-refractivity contribution is 0.0752. The Bertz CT molecular complexity index is 1180. The van der Waals surface area contributed by atoms with E-state index < -0.39 is 0 Å². The van der Waals surface area contributed by atoms with Crippen LogP contribution in [0.1, 0.15) is 24.5 Å². The predicted octanol–water partition coefficient (Wildman–Crippen LogP) is 5.61. The van der Waals surface area contributed by atoms with Crippen LogP contribution in [-0.2, 0) is 0 Å². The zero-order chi connectivity index (χ0) is 25.6. The van der Waals surface area contributed by atoms with Gasteiger partial charge in [-0.2, -0.15) is 0 Å². The molecule has 2 heterocycles. The molecule has 2 aliphatic heterocycles. The fraction of sp³-hybridized carbons (Fsp3) is 0.367. The van der Waals surface area contributed by atoms with E-state index in [1.165, 1.54) is 12.1 Å². The van der Waals surface area contributed by atoms with E-state index >= 15 is 0 Å². The van der Waals surface area contributed by atoms with Gasteiger partial charge in [0.05, 0.1) is 12.8 Å². The van der Waals surface area contributed by atoms with Crippen LogP contribution in [0.15, 0.2) is 78.9 Å². The number of carbonyl (C=O) groups excluding carboxylic acids is 1. The molecule has 1 atom stereocenters. The van der Waals surface area contributed by atoms with E-state index in [4.69, 9.17) is 9.47 Å². The zero-order valence-electron chi connectivity index (χ0n) is 21.3. The minimum atomic E-state index is -0.310. The number of amides is 2. The number of ether oxygens (including phenoxy) is 2. The highest BCUT2D eigenvalue weighted by Gasteiger charge is 2.33. The monoisotopic (exact) mass is 503 g/mol. The van der Waals surface area contributed by atoms with E-state index in [-0.39, 0.29) is 23.9 Å². The van der Waals surface area contributed by atoms with E-state index in [9.17, 15) is 9.18 Å². The summed E-state index contributed by atoms with van der Waals surface area (Å²) in [6.07, 6.45) is 1.48. The van der Waals surface area contributed by atoms with Gasteiger partial charge in [0.25, 0.3) is 0 Å². The van der Waals surface area contributed by atoms with Gasteiger partial charge in [0.2, 0.25) is 0 Å². The fourth-order valence-electron chi connectivity index (χ4n) is 5.39. The SMILES string of the molecule is COc1ccccc1N1CCN(C(=O)N2CCC(C(Oc3cccc(F)c3)c3ccccc3)CC2)CC1. The number of likely N-dealkylation sites (tertiary alicyclic amines) is 1. The van der Waals surface area contributed by atoms with E-state index in [1.807, 2.05) is 46.2 Å². The van der Waals surface area contributed by atoms with Crippen molar-refractivity contribution in [3.8, 4) is 11.5 Å². The first-order valence-electron chi connectivity index (χ1n) is 13.0. The molecule has 194 valence electrons. The van der Waals surface area contributed by atoms with Crippen molar-refractivity contribution in [2.75, 3.05) is 51.3 Å². The van der Waals surface area contributed by atoms with Crippen molar-refractivity contribution in [3.05, 3.63) is 90.2 Å². The molecule has 2 saturated heterocycles. The van der Waals surface area contributed by atoms with Crippen LogP contribution < -0.4 is 14.4 Å². The lowest BCUT2D eigenvalue weighted by Crippen LogP contribution is -2.54. The molecule has 0 aromatic heterocycles. The molecule has 0 spiro atoms. The highest BCUT2D eigenvalue weighted by molar-refractivity contribution is 5.75. The third-order valence-electron chi connectivity index (χ3n) is 7.40. The van der Waals surface area contributed by atoms with Crippen LogP contribution in [0, 0.1) is 11.7 Å². The van der Waals surface area contributed by atoms with Gasteiger partial charge in [0, 0.05) is 51.3 Å². The molecule has 3 aromatic carbocycles. The molecule has 37 heavy (non-hydrogen) atoms. The second-order valence-corrected chi connectivity index (χ2v) is 9.66. The highest BCUT2D eigenvalue weighted by atomic mass is 19.1. The molecular formula is C30H34FN3O3. The van der Waals surface area contributed by atoms with Crippen molar-refractivity contribution in [1.82, 2.24) is 9.80 Å². The molecule has 2 aliphatic rings. The molecule has 1 unspecified atom stereocenters. The Kier molecular flexibility index (Phi) is 7.78. The number of anilines is 1.